The average molecular weight is 487 g/mol. The minimum atomic E-state index is -0.546. The predicted molar refractivity (Wildman–Crippen MR) is 117 cm³/mol. The average Bonchev–Trinajstić information content (AvgIpc) is 3.11. The van der Waals surface area contributed by atoms with Crippen molar-refractivity contribution in [1.29, 1.82) is 0 Å². The van der Waals surface area contributed by atoms with Crippen molar-refractivity contribution in [3.63, 3.8) is 0 Å². The van der Waals surface area contributed by atoms with Crippen molar-refractivity contribution < 1.29 is 9.72 Å². The lowest BCUT2D eigenvalue weighted by Gasteiger charge is -2.09. The molecule has 0 unspecified atom stereocenters. The predicted octanol–water partition coefficient (Wildman–Crippen LogP) is 5.31. The molecule has 0 spiro atoms. The maximum atomic E-state index is 12.7. The van der Waals surface area contributed by atoms with Crippen molar-refractivity contribution in [3.05, 3.63) is 85.3 Å². The third-order valence-corrected chi connectivity index (χ3v) is 5.38. The fourth-order valence-corrected chi connectivity index (χ4v) is 3.44. The number of carbonyl (C=O) groups excluding carboxylic acids is 1. The largest absolute Gasteiger partial charge is 0.322 e. The highest BCUT2D eigenvalue weighted by atomic mass is 79.9. The number of nitrogens with zero attached hydrogens (tertiary/aromatic N) is 4. The molecule has 150 valence electrons. The second-order valence-electron chi connectivity index (χ2n) is 6.50. The van der Waals surface area contributed by atoms with Gasteiger partial charge in [0.25, 0.3) is 11.6 Å². The minimum absolute atomic E-state index is 0.161. The Labute approximate surface area is 183 Å². The zero-order chi connectivity index (χ0) is 21.4. The van der Waals surface area contributed by atoms with Crippen LogP contribution in [-0.4, -0.2) is 25.8 Å². The van der Waals surface area contributed by atoms with Crippen LogP contribution in [-0.2, 0) is 0 Å². The first kappa shape index (κ1) is 20.0. The topological polar surface area (TPSA) is 103 Å². The molecule has 0 aliphatic carbocycles. The van der Waals surface area contributed by atoms with Gasteiger partial charge in [-0.2, -0.15) is 4.80 Å². The van der Waals surface area contributed by atoms with Crippen molar-refractivity contribution in [1.82, 2.24) is 15.0 Å². The number of aromatic nitrogens is 3. The Hall–Kier alpha value is -3.30. The third-order valence-electron chi connectivity index (χ3n) is 4.44. The van der Waals surface area contributed by atoms with Crippen molar-refractivity contribution >= 4 is 55.8 Å². The highest BCUT2D eigenvalue weighted by molar-refractivity contribution is 9.10. The van der Waals surface area contributed by atoms with Gasteiger partial charge >= 0.3 is 0 Å². The van der Waals surface area contributed by atoms with E-state index in [1.807, 2.05) is 13.0 Å². The van der Waals surface area contributed by atoms with Crippen LogP contribution in [0.15, 0.2) is 59.1 Å². The van der Waals surface area contributed by atoms with E-state index >= 15 is 0 Å². The Bertz CT molecular complexity index is 1300. The summed E-state index contributed by atoms with van der Waals surface area (Å²) in [6.07, 6.45) is 0. The number of nitro groups is 1. The monoisotopic (exact) mass is 485 g/mol. The molecule has 1 aromatic heterocycles. The Morgan fingerprint density at radius 3 is 2.43 bits per heavy atom. The van der Waals surface area contributed by atoms with Gasteiger partial charge in [0.2, 0.25) is 0 Å². The summed E-state index contributed by atoms with van der Waals surface area (Å²) in [5.41, 5.74) is 3.31. The molecule has 0 saturated carbocycles. The molecule has 0 radical (unpaired) electrons. The van der Waals surface area contributed by atoms with Crippen LogP contribution in [0.1, 0.15) is 15.9 Å². The van der Waals surface area contributed by atoms with Crippen LogP contribution >= 0.6 is 27.5 Å². The molecule has 4 aromatic rings. The highest BCUT2D eigenvalue weighted by Crippen LogP contribution is 2.26. The van der Waals surface area contributed by atoms with E-state index in [1.165, 1.54) is 23.0 Å². The summed E-state index contributed by atoms with van der Waals surface area (Å²) in [7, 11) is 0. The molecule has 0 atom stereocenters. The number of halogens is 2. The summed E-state index contributed by atoms with van der Waals surface area (Å²) < 4.78 is 0.456. The van der Waals surface area contributed by atoms with Gasteiger partial charge in [-0.15, -0.1) is 10.2 Å². The number of hydrogen-bond donors (Lipinski definition) is 1. The number of benzene rings is 3. The van der Waals surface area contributed by atoms with Gasteiger partial charge in [0.1, 0.15) is 11.0 Å². The molecule has 0 aliphatic rings. The fraction of sp³-hybridized carbons (Fsp3) is 0.0500. The molecule has 30 heavy (non-hydrogen) atoms. The molecular weight excluding hydrogens is 474 g/mol. The van der Waals surface area contributed by atoms with E-state index in [9.17, 15) is 14.9 Å². The van der Waals surface area contributed by atoms with E-state index in [1.54, 1.807) is 30.3 Å². The number of nitro benzene ring substituents is 1. The molecule has 0 saturated heterocycles. The smallest absolute Gasteiger partial charge is 0.270 e. The maximum absolute atomic E-state index is 12.7. The lowest BCUT2D eigenvalue weighted by Crippen LogP contribution is -2.13. The number of hydrogen-bond acceptors (Lipinski definition) is 5. The summed E-state index contributed by atoms with van der Waals surface area (Å²) in [5.74, 6) is -0.474. The molecule has 1 heterocycles. The molecule has 1 N–H and O–H groups in total. The van der Waals surface area contributed by atoms with Crippen LogP contribution in [0.4, 0.5) is 11.4 Å². The van der Waals surface area contributed by atoms with Crippen LogP contribution in [0, 0.1) is 17.0 Å². The molecule has 4 rings (SSSR count). The van der Waals surface area contributed by atoms with Crippen LogP contribution in [0.25, 0.3) is 16.7 Å². The third kappa shape index (κ3) is 3.89. The summed E-state index contributed by atoms with van der Waals surface area (Å²) in [6, 6.07) is 14.7. The molecule has 8 nitrogen and oxygen atoms in total. The number of nitrogens with one attached hydrogen (secondary N) is 1. The lowest BCUT2D eigenvalue weighted by atomic mass is 10.1. The summed E-state index contributed by atoms with van der Waals surface area (Å²) in [6.45, 7) is 1.83. The first-order chi connectivity index (χ1) is 14.3. The maximum Gasteiger partial charge on any atom is 0.270 e. The molecule has 0 aliphatic heterocycles. The van der Waals surface area contributed by atoms with Crippen molar-refractivity contribution in [2.75, 3.05) is 5.32 Å². The molecular formula is C20H13BrClN5O3. The number of rotatable bonds is 4. The van der Waals surface area contributed by atoms with Gasteiger partial charge < -0.3 is 5.32 Å². The van der Waals surface area contributed by atoms with Crippen LogP contribution in [0.2, 0.25) is 5.02 Å². The van der Waals surface area contributed by atoms with E-state index in [2.05, 4.69) is 31.4 Å². The Morgan fingerprint density at radius 2 is 1.77 bits per heavy atom. The lowest BCUT2D eigenvalue weighted by molar-refractivity contribution is -0.384. The molecule has 0 fully saturated rings. The van der Waals surface area contributed by atoms with Crippen molar-refractivity contribution in [3.8, 4) is 5.69 Å². The first-order valence-electron chi connectivity index (χ1n) is 8.71. The zero-order valence-corrected chi connectivity index (χ0v) is 17.8. The van der Waals surface area contributed by atoms with Gasteiger partial charge in [-0.3, -0.25) is 14.9 Å². The van der Waals surface area contributed by atoms with Crippen molar-refractivity contribution in [2.24, 2.45) is 0 Å². The highest BCUT2D eigenvalue weighted by Gasteiger charge is 2.17. The Kier molecular flexibility index (Phi) is 5.23. The SMILES string of the molecule is Cc1cc2nn(-c3ccc(Cl)cc3)nc2cc1NC(=O)c1cc([N+](=O)[O-])ccc1Br. The summed E-state index contributed by atoms with van der Waals surface area (Å²) in [4.78, 5) is 24.7. The van der Waals surface area contributed by atoms with E-state index in [0.717, 1.165) is 11.3 Å². The second-order valence-corrected chi connectivity index (χ2v) is 7.79. The summed E-state index contributed by atoms with van der Waals surface area (Å²) in [5, 5.41) is 23.4. The standard InChI is InChI=1S/C20H13BrClN5O3/c1-11-8-18-19(25-26(24-18)13-4-2-12(22)3-5-13)10-17(11)23-20(28)15-9-14(27(29)30)6-7-16(15)21/h2-10H,1H3,(H,23,28). The van der Waals surface area contributed by atoms with Crippen molar-refractivity contribution in [2.45, 2.75) is 6.92 Å². The van der Waals surface area contributed by atoms with E-state index in [0.29, 0.717) is 26.2 Å². The van der Waals surface area contributed by atoms with Crippen LogP contribution in [0.5, 0.6) is 0 Å². The van der Waals surface area contributed by atoms with E-state index < -0.39 is 10.8 Å². The number of aryl methyl sites for hydroxylation is 1. The van der Waals surface area contributed by atoms with Gasteiger partial charge in [0, 0.05) is 27.3 Å². The van der Waals surface area contributed by atoms with Crippen LogP contribution < -0.4 is 5.32 Å². The van der Waals surface area contributed by atoms with Gasteiger partial charge in [0.05, 0.1) is 16.2 Å². The fourth-order valence-electron chi connectivity index (χ4n) is 2.88. The van der Waals surface area contributed by atoms with E-state index in [-0.39, 0.29) is 11.3 Å². The van der Waals surface area contributed by atoms with Gasteiger partial charge in [-0.25, -0.2) is 0 Å². The number of amides is 1. The minimum Gasteiger partial charge on any atom is -0.322 e. The van der Waals surface area contributed by atoms with Gasteiger partial charge in [0.15, 0.2) is 0 Å². The molecule has 0 bridgehead atoms. The number of fused-ring (bicyclic) bond motifs is 1. The zero-order valence-electron chi connectivity index (χ0n) is 15.5. The van der Waals surface area contributed by atoms with E-state index in [4.69, 9.17) is 11.6 Å². The quantitative estimate of drug-likeness (QED) is 0.311. The normalized spacial score (nSPS) is 10.9. The number of carbonyl (C=O) groups is 1. The molecule has 3 aromatic carbocycles. The van der Waals surface area contributed by atoms with Crippen LogP contribution in [0.3, 0.4) is 0 Å². The van der Waals surface area contributed by atoms with Gasteiger partial charge in [-0.1, -0.05) is 11.6 Å². The second kappa shape index (κ2) is 7.85. The number of anilines is 1. The summed E-state index contributed by atoms with van der Waals surface area (Å²) >= 11 is 9.19. The number of non-ortho nitro benzene ring substituents is 1. The Balaban J connectivity index is 1.67. The molecule has 10 heteroatoms. The van der Waals surface area contributed by atoms with Gasteiger partial charge in [-0.05, 0) is 70.9 Å². The first-order valence-corrected chi connectivity index (χ1v) is 9.88. The Morgan fingerprint density at radius 1 is 1.10 bits per heavy atom. The molecule has 1 amide bonds.